The lowest BCUT2D eigenvalue weighted by Crippen LogP contribution is -2.41. The molecule has 24 heavy (non-hydrogen) atoms. The molecule has 4 fully saturated rings. The predicted octanol–water partition coefficient (Wildman–Crippen LogP) is 3.16. The highest BCUT2D eigenvalue weighted by molar-refractivity contribution is 7.92. The first-order valence-electron chi connectivity index (χ1n) is 10.0. The zero-order valence-electron chi connectivity index (χ0n) is 14.7. The Labute approximate surface area is 146 Å². The lowest BCUT2D eigenvalue weighted by Gasteiger charge is -2.30. The summed E-state index contributed by atoms with van der Waals surface area (Å²) in [6.07, 6.45) is 12.3. The fraction of sp³-hybridized carbons (Fsp3) is 0.947. The van der Waals surface area contributed by atoms with E-state index in [0.29, 0.717) is 6.04 Å². The van der Waals surface area contributed by atoms with E-state index in [0.717, 1.165) is 69.2 Å². The number of hydrogen-bond acceptors (Lipinski definition) is 3. The highest BCUT2D eigenvalue weighted by atomic mass is 32.2. The molecular weight excluding hydrogens is 322 g/mol. The Bertz CT molecular complexity index is 581. The van der Waals surface area contributed by atoms with E-state index in [-0.39, 0.29) is 16.9 Å². The summed E-state index contributed by atoms with van der Waals surface area (Å²) >= 11 is 0. The van der Waals surface area contributed by atoms with E-state index in [9.17, 15) is 13.2 Å². The molecule has 4 rings (SSSR count). The molecule has 0 N–H and O–H groups in total. The largest absolute Gasteiger partial charge is 0.339 e. The molecule has 0 aromatic rings. The van der Waals surface area contributed by atoms with Crippen LogP contribution in [0.3, 0.4) is 0 Å². The third kappa shape index (κ3) is 3.25. The molecule has 1 saturated heterocycles. The number of carbonyl (C=O) groups excluding carboxylic acids is 1. The Morgan fingerprint density at radius 2 is 1.75 bits per heavy atom. The molecule has 4 atom stereocenters. The van der Waals surface area contributed by atoms with Gasteiger partial charge in [-0.05, 0) is 69.1 Å². The molecular formula is C19H31NO3S. The summed E-state index contributed by atoms with van der Waals surface area (Å²) in [5, 5.41) is -0.256. The minimum atomic E-state index is -3.25. The Balaban J connectivity index is 1.36. The summed E-state index contributed by atoms with van der Waals surface area (Å²) < 4.78 is 25.0. The topological polar surface area (TPSA) is 54.5 Å². The van der Waals surface area contributed by atoms with Gasteiger partial charge in [-0.1, -0.05) is 19.3 Å². The van der Waals surface area contributed by atoms with Gasteiger partial charge in [-0.25, -0.2) is 8.42 Å². The van der Waals surface area contributed by atoms with Gasteiger partial charge in [0.1, 0.15) is 5.75 Å². The van der Waals surface area contributed by atoms with Crippen molar-refractivity contribution in [1.29, 1.82) is 0 Å². The highest BCUT2D eigenvalue weighted by Crippen LogP contribution is 2.50. The number of carbonyl (C=O) groups is 1. The number of hydrogen-bond donors (Lipinski definition) is 0. The summed E-state index contributed by atoms with van der Waals surface area (Å²) in [7, 11) is -3.25. The van der Waals surface area contributed by atoms with Crippen molar-refractivity contribution in [2.75, 3.05) is 12.3 Å². The Morgan fingerprint density at radius 3 is 2.42 bits per heavy atom. The standard InChI is InChI=1S/C19H31NO3S/c21-19(13-24(22,23)18-5-1-2-6-18)20-9-3-4-17(20)12-16-11-14-7-8-15(16)10-14/h14-18H,1-13H2/t14-,15-,16+,17-/m1/s1. The molecule has 4 aliphatic rings. The number of likely N-dealkylation sites (tertiary alicyclic amines) is 1. The second-order valence-electron chi connectivity index (χ2n) is 8.77. The molecule has 3 aliphatic carbocycles. The Morgan fingerprint density at radius 1 is 0.958 bits per heavy atom. The SMILES string of the molecule is O=C(CS(=O)(=O)C1CCCC1)N1CCC[C@@H]1C[C@@H]1C[C@@H]2CC[C@@H]1C2. The van der Waals surface area contributed by atoms with Crippen molar-refractivity contribution in [2.45, 2.75) is 81.9 Å². The van der Waals surface area contributed by atoms with Gasteiger partial charge in [0.25, 0.3) is 0 Å². The molecule has 3 saturated carbocycles. The van der Waals surface area contributed by atoms with Crippen LogP contribution in [-0.2, 0) is 14.6 Å². The first kappa shape index (κ1) is 16.9. The van der Waals surface area contributed by atoms with E-state index < -0.39 is 9.84 Å². The summed E-state index contributed by atoms with van der Waals surface area (Å²) in [5.41, 5.74) is 0. The predicted molar refractivity (Wildman–Crippen MR) is 94.3 cm³/mol. The Kier molecular flexibility index (Phi) is 4.65. The summed E-state index contributed by atoms with van der Waals surface area (Å²) in [6, 6.07) is 0.306. The van der Waals surface area contributed by atoms with Gasteiger partial charge in [0, 0.05) is 12.6 Å². The smallest absolute Gasteiger partial charge is 0.238 e. The second kappa shape index (κ2) is 6.62. The van der Waals surface area contributed by atoms with Crippen LogP contribution in [0.2, 0.25) is 0 Å². The van der Waals surface area contributed by atoms with Gasteiger partial charge in [0.05, 0.1) is 5.25 Å². The summed E-state index contributed by atoms with van der Waals surface area (Å²) in [4.78, 5) is 14.6. The molecule has 1 aliphatic heterocycles. The van der Waals surface area contributed by atoms with Crippen LogP contribution in [-0.4, -0.2) is 42.8 Å². The van der Waals surface area contributed by atoms with Gasteiger partial charge in [-0.2, -0.15) is 0 Å². The van der Waals surface area contributed by atoms with Crippen LogP contribution in [0.15, 0.2) is 0 Å². The molecule has 0 aromatic heterocycles. The van der Waals surface area contributed by atoms with Crippen molar-refractivity contribution in [2.24, 2.45) is 17.8 Å². The molecule has 0 unspecified atom stereocenters. The maximum atomic E-state index is 12.7. The van der Waals surface area contributed by atoms with E-state index in [1.165, 1.54) is 25.7 Å². The lowest BCUT2D eigenvalue weighted by atomic mass is 9.84. The molecule has 136 valence electrons. The van der Waals surface area contributed by atoms with Crippen LogP contribution < -0.4 is 0 Å². The number of nitrogens with zero attached hydrogens (tertiary/aromatic N) is 1. The van der Waals surface area contributed by atoms with E-state index >= 15 is 0 Å². The van der Waals surface area contributed by atoms with Gasteiger partial charge in [-0.15, -0.1) is 0 Å². The third-order valence-corrected chi connectivity index (χ3v) is 9.43. The molecule has 1 amide bonds. The zero-order chi connectivity index (χ0) is 16.7. The lowest BCUT2D eigenvalue weighted by molar-refractivity contribution is -0.129. The maximum absolute atomic E-state index is 12.7. The first-order chi connectivity index (χ1) is 11.5. The molecule has 0 spiro atoms. The fourth-order valence-corrected chi connectivity index (χ4v) is 7.84. The fourth-order valence-electron chi connectivity index (χ4n) is 6.04. The first-order valence-corrected chi connectivity index (χ1v) is 11.8. The second-order valence-corrected chi connectivity index (χ2v) is 11.0. The third-order valence-electron chi connectivity index (χ3n) is 7.29. The van der Waals surface area contributed by atoms with Crippen LogP contribution in [0.1, 0.15) is 70.6 Å². The molecule has 2 bridgehead atoms. The van der Waals surface area contributed by atoms with E-state index in [2.05, 4.69) is 0 Å². The number of sulfone groups is 1. The van der Waals surface area contributed by atoms with E-state index in [4.69, 9.17) is 0 Å². The zero-order valence-corrected chi connectivity index (χ0v) is 15.5. The van der Waals surface area contributed by atoms with Gasteiger partial charge in [-0.3, -0.25) is 4.79 Å². The van der Waals surface area contributed by atoms with Crippen LogP contribution in [0, 0.1) is 17.8 Å². The normalized spacial score (nSPS) is 36.8. The van der Waals surface area contributed by atoms with Crippen molar-refractivity contribution in [3.8, 4) is 0 Å². The Hall–Kier alpha value is -0.580. The molecule has 5 heteroatoms. The summed E-state index contributed by atoms with van der Waals surface area (Å²) in [5.74, 6) is 2.24. The minimum Gasteiger partial charge on any atom is -0.339 e. The summed E-state index contributed by atoms with van der Waals surface area (Å²) in [6.45, 7) is 0.768. The van der Waals surface area contributed by atoms with E-state index in [1.54, 1.807) is 0 Å². The molecule has 1 heterocycles. The monoisotopic (exact) mass is 353 g/mol. The van der Waals surface area contributed by atoms with Crippen molar-refractivity contribution in [3.63, 3.8) is 0 Å². The van der Waals surface area contributed by atoms with Gasteiger partial charge in [0.2, 0.25) is 5.91 Å². The molecule has 0 radical (unpaired) electrons. The average Bonchev–Trinajstić information content (AvgIpc) is 3.31. The van der Waals surface area contributed by atoms with Gasteiger partial charge >= 0.3 is 0 Å². The van der Waals surface area contributed by atoms with Crippen molar-refractivity contribution >= 4 is 15.7 Å². The molecule has 0 aromatic carbocycles. The van der Waals surface area contributed by atoms with Crippen LogP contribution in [0.4, 0.5) is 0 Å². The highest BCUT2D eigenvalue weighted by Gasteiger charge is 2.42. The quantitative estimate of drug-likeness (QED) is 0.763. The van der Waals surface area contributed by atoms with Crippen LogP contribution >= 0.6 is 0 Å². The van der Waals surface area contributed by atoms with Crippen molar-refractivity contribution in [1.82, 2.24) is 4.90 Å². The van der Waals surface area contributed by atoms with Crippen LogP contribution in [0.5, 0.6) is 0 Å². The number of amides is 1. The van der Waals surface area contributed by atoms with E-state index in [1.807, 2.05) is 4.90 Å². The minimum absolute atomic E-state index is 0.118. The number of fused-ring (bicyclic) bond motifs is 2. The van der Waals surface area contributed by atoms with Gasteiger partial charge in [0.15, 0.2) is 9.84 Å². The maximum Gasteiger partial charge on any atom is 0.238 e. The van der Waals surface area contributed by atoms with Crippen LogP contribution in [0.25, 0.3) is 0 Å². The molecule has 4 nitrogen and oxygen atoms in total. The average molecular weight is 354 g/mol. The van der Waals surface area contributed by atoms with Gasteiger partial charge < -0.3 is 4.90 Å². The van der Waals surface area contributed by atoms with Crippen molar-refractivity contribution in [3.05, 3.63) is 0 Å². The number of rotatable bonds is 5. The van der Waals surface area contributed by atoms with Crippen molar-refractivity contribution < 1.29 is 13.2 Å².